The molecule has 0 unspecified atom stereocenters. The molecule has 3 aromatic heterocycles. The minimum absolute atomic E-state index is 0.0418. The molecule has 0 aliphatic heterocycles. The number of amides is 1. The zero-order valence-electron chi connectivity index (χ0n) is 26.3. The van der Waals surface area contributed by atoms with E-state index in [9.17, 15) is 13.6 Å². The van der Waals surface area contributed by atoms with Crippen LogP contribution in [0.3, 0.4) is 0 Å². The maximum Gasteiger partial charge on any atom is 0.259 e. The van der Waals surface area contributed by atoms with Crippen LogP contribution in [-0.4, -0.2) is 59.7 Å². The molecule has 6 aromatic rings. The normalized spacial score (nSPS) is 10.9. The Hall–Kier alpha value is -6.08. The fourth-order valence-corrected chi connectivity index (χ4v) is 5.04. The zero-order chi connectivity index (χ0) is 33.6. The Bertz CT molecular complexity index is 2080. The van der Waals surface area contributed by atoms with Crippen molar-refractivity contribution in [3.63, 3.8) is 0 Å². The maximum atomic E-state index is 14.4. The predicted molar refractivity (Wildman–Crippen MR) is 178 cm³/mol. The number of fused-ring (bicyclic) bond motifs is 1. The molecule has 0 aliphatic rings. The number of anilines is 3. The number of nitrogens with zero attached hydrogens (tertiary/aromatic N) is 4. The minimum atomic E-state index is -0.906. The highest BCUT2D eigenvalue weighted by atomic mass is 19.1. The van der Waals surface area contributed by atoms with Gasteiger partial charge in [0.2, 0.25) is 5.95 Å². The molecule has 0 spiro atoms. The highest BCUT2D eigenvalue weighted by molar-refractivity contribution is 6.07. The monoisotopic (exact) mass is 651 g/mol. The lowest BCUT2D eigenvalue weighted by Crippen LogP contribution is -2.15. The van der Waals surface area contributed by atoms with Gasteiger partial charge < -0.3 is 30.2 Å². The Balaban J connectivity index is 1.41. The summed E-state index contributed by atoms with van der Waals surface area (Å²) in [5, 5.41) is 8.62. The number of carbonyl (C=O) groups is 1. The lowest BCUT2D eigenvalue weighted by Gasteiger charge is -2.13. The van der Waals surface area contributed by atoms with Crippen LogP contribution in [0.5, 0.6) is 17.2 Å². The number of methoxy groups -OCH3 is 2. The molecule has 244 valence electrons. The second-order valence-electron chi connectivity index (χ2n) is 10.4. The second-order valence-corrected chi connectivity index (χ2v) is 10.4. The molecule has 3 aromatic carbocycles. The number of carbonyl (C=O) groups excluding carboxylic acids is 1. The average molecular weight is 652 g/mol. The molecular weight excluding hydrogens is 620 g/mol. The van der Waals surface area contributed by atoms with Gasteiger partial charge in [-0.15, -0.1) is 0 Å². The molecule has 48 heavy (non-hydrogen) atoms. The minimum Gasteiger partial charge on any atom is -0.497 e. The van der Waals surface area contributed by atoms with Crippen molar-refractivity contribution in [2.45, 2.75) is 0 Å². The Morgan fingerprint density at radius 2 is 1.71 bits per heavy atom. The molecule has 11 nitrogen and oxygen atoms in total. The van der Waals surface area contributed by atoms with Gasteiger partial charge in [0.15, 0.2) is 0 Å². The first-order valence-corrected chi connectivity index (χ1v) is 14.9. The Morgan fingerprint density at radius 3 is 2.48 bits per heavy atom. The summed E-state index contributed by atoms with van der Waals surface area (Å²) in [6.45, 7) is 1.23. The van der Waals surface area contributed by atoms with Crippen molar-refractivity contribution >= 4 is 28.9 Å². The fraction of sp³-hybridized carbons (Fsp3) is 0.143. The average Bonchev–Trinajstić information content (AvgIpc) is 3.49. The van der Waals surface area contributed by atoms with E-state index in [-0.39, 0.29) is 11.3 Å². The van der Waals surface area contributed by atoms with Gasteiger partial charge in [0.25, 0.3) is 5.91 Å². The lowest BCUT2D eigenvalue weighted by atomic mass is 10.0. The Labute approximate surface area is 274 Å². The quantitative estimate of drug-likeness (QED) is 0.130. The number of pyridine rings is 1. The number of hydrogen-bond acceptors (Lipinski definition) is 9. The van der Waals surface area contributed by atoms with Crippen LogP contribution in [0.1, 0.15) is 10.4 Å². The molecule has 0 saturated carbocycles. The molecule has 3 heterocycles. The van der Waals surface area contributed by atoms with E-state index in [1.54, 1.807) is 55.9 Å². The topological polar surface area (TPSA) is 124 Å². The van der Waals surface area contributed by atoms with Crippen molar-refractivity contribution in [1.29, 1.82) is 0 Å². The molecule has 3 N–H and O–H groups in total. The molecule has 0 aliphatic carbocycles. The van der Waals surface area contributed by atoms with Crippen LogP contribution >= 0.6 is 0 Å². The van der Waals surface area contributed by atoms with Gasteiger partial charge in [0.05, 0.1) is 36.9 Å². The van der Waals surface area contributed by atoms with Crippen molar-refractivity contribution < 1.29 is 27.8 Å². The second kappa shape index (κ2) is 14.1. The number of halogens is 2. The lowest BCUT2D eigenvalue weighted by molar-refractivity contribution is 0.102. The molecule has 0 fully saturated rings. The summed E-state index contributed by atoms with van der Waals surface area (Å²) in [5.41, 5.74) is 2.87. The van der Waals surface area contributed by atoms with E-state index in [1.165, 1.54) is 13.2 Å². The van der Waals surface area contributed by atoms with E-state index in [4.69, 9.17) is 24.2 Å². The number of ether oxygens (including phenoxy) is 3. The van der Waals surface area contributed by atoms with Crippen LogP contribution in [0.2, 0.25) is 0 Å². The largest absolute Gasteiger partial charge is 0.497 e. The number of imidazole rings is 1. The van der Waals surface area contributed by atoms with Gasteiger partial charge in [-0.25, -0.2) is 23.7 Å². The number of para-hydroxylation sites is 1. The first-order chi connectivity index (χ1) is 23.4. The maximum absolute atomic E-state index is 14.4. The Kier molecular flexibility index (Phi) is 9.39. The molecule has 13 heteroatoms. The first kappa shape index (κ1) is 31.9. The van der Waals surface area contributed by atoms with Crippen LogP contribution < -0.4 is 30.2 Å². The van der Waals surface area contributed by atoms with E-state index in [0.29, 0.717) is 58.9 Å². The standard InChI is InChI=1S/C35H31F2N7O4/c1-38-15-17-48-24-7-4-6-22(19-24)40-35-39-14-12-28(41-35)33-31(42-30-20-23(46-2)13-16-44(30)33)21-10-11-29(47-3)25(18-21)34(45)43-32-26(36)8-5-9-27(32)37/h4-14,16,18-20,38H,15,17H2,1-3H3,(H,43,45)(H,39,40,41). The third kappa shape index (κ3) is 6.71. The molecule has 0 saturated heterocycles. The first-order valence-electron chi connectivity index (χ1n) is 14.9. The number of aromatic nitrogens is 4. The summed E-state index contributed by atoms with van der Waals surface area (Å²) in [5.74, 6) is -0.764. The van der Waals surface area contributed by atoms with Crippen LogP contribution in [0.25, 0.3) is 28.3 Å². The summed E-state index contributed by atoms with van der Waals surface area (Å²) >= 11 is 0. The predicted octanol–water partition coefficient (Wildman–Crippen LogP) is 6.35. The highest BCUT2D eigenvalue weighted by Gasteiger charge is 2.22. The smallest absolute Gasteiger partial charge is 0.259 e. The van der Waals surface area contributed by atoms with Crippen molar-refractivity contribution in [3.05, 3.63) is 108 Å². The number of rotatable bonds is 12. The van der Waals surface area contributed by atoms with Crippen LogP contribution in [0, 0.1) is 11.6 Å². The van der Waals surface area contributed by atoms with Gasteiger partial charge in [0.1, 0.15) is 46.8 Å². The molecule has 0 atom stereocenters. The van der Waals surface area contributed by atoms with Crippen LogP contribution in [0.15, 0.2) is 91.3 Å². The molecule has 0 bridgehead atoms. The fourth-order valence-electron chi connectivity index (χ4n) is 5.04. The summed E-state index contributed by atoms with van der Waals surface area (Å²) in [4.78, 5) is 27.5. The van der Waals surface area contributed by atoms with Gasteiger partial charge >= 0.3 is 0 Å². The molecular formula is C35H31F2N7O4. The molecule has 0 radical (unpaired) electrons. The van der Waals surface area contributed by atoms with Crippen molar-refractivity contribution in [1.82, 2.24) is 24.7 Å². The van der Waals surface area contributed by atoms with Gasteiger partial charge in [-0.2, -0.15) is 0 Å². The van der Waals surface area contributed by atoms with Gasteiger partial charge in [0, 0.05) is 42.3 Å². The van der Waals surface area contributed by atoms with Crippen LogP contribution in [0.4, 0.5) is 26.1 Å². The van der Waals surface area contributed by atoms with Gasteiger partial charge in [-0.3, -0.25) is 9.20 Å². The SMILES string of the molecule is CNCCOc1cccc(Nc2nccc(-c3c(-c4ccc(OC)c(C(=O)Nc5c(F)cccc5F)c4)nc4cc(OC)ccn34)n2)c1. The van der Waals surface area contributed by atoms with E-state index in [0.717, 1.165) is 17.8 Å². The van der Waals surface area contributed by atoms with Crippen molar-refractivity contribution in [2.24, 2.45) is 0 Å². The highest BCUT2D eigenvalue weighted by Crippen LogP contribution is 2.36. The van der Waals surface area contributed by atoms with Crippen LogP contribution in [-0.2, 0) is 0 Å². The molecule has 1 amide bonds. The third-order valence-electron chi connectivity index (χ3n) is 7.36. The van der Waals surface area contributed by atoms with E-state index in [2.05, 4.69) is 20.9 Å². The van der Waals surface area contributed by atoms with Gasteiger partial charge in [-0.05, 0) is 61.6 Å². The zero-order valence-corrected chi connectivity index (χ0v) is 26.3. The number of hydrogen-bond donors (Lipinski definition) is 3. The number of benzene rings is 3. The van der Waals surface area contributed by atoms with Gasteiger partial charge in [-0.1, -0.05) is 12.1 Å². The van der Waals surface area contributed by atoms with Crippen molar-refractivity contribution in [2.75, 3.05) is 45.1 Å². The summed E-state index contributed by atoms with van der Waals surface area (Å²) in [6, 6.07) is 21.0. The van der Waals surface area contributed by atoms with E-state index < -0.39 is 23.2 Å². The summed E-state index contributed by atoms with van der Waals surface area (Å²) < 4.78 is 47.3. The summed E-state index contributed by atoms with van der Waals surface area (Å²) in [7, 11) is 4.82. The third-order valence-corrected chi connectivity index (χ3v) is 7.36. The van der Waals surface area contributed by atoms with Crippen molar-refractivity contribution in [3.8, 4) is 39.9 Å². The number of likely N-dealkylation sites (N-methyl/N-ethyl adjacent to an activating group) is 1. The Morgan fingerprint density at radius 1 is 0.896 bits per heavy atom. The van der Waals surface area contributed by atoms with E-state index >= 15 is 0 Å². The number of nitrogens with one attached hydrogen (secondary N) is 3. The summed E-state index contributed by atoms with van der Waals surface area (Å²) in [6.07, 6.45) is 3.43. The molecule has 6 rings (SSSR count). The van der Waals surface area contributed by atoms with E-state index in [1.807, 2.05) is 35.7 Å².